The van der Waals surface area contributed by atoms with Gasteiger partial charge in [-0.2, -0.15) is 0 Å². The van der Waals surface area contributed by atoms with Gasteiger partial charge < -0.3 is 15.0 Å². The third kappa shape index (κ3) is 4.48. The van der Waals surface area contributed by atoms with Crippen LogP contribution in [0.15, 0.2) is 42.6 Å². The van der Waals surface area contributed by atoms with Gasteiger partial charge in [0.15, 0.2) is 0 Å². The molecular formula is C26H31N5OS. The van der Waals surface area contributed by atoms with Crippen LogP contribution < -0.4 is 20.6 Å². The molecule has 1 fully saturated rings. The number of benzene rings is 1. The molecule has 5 rings (SSSR count). The lowest BCUT2D eigenvalue weighted by Gasteiger charge is -2.41. The number of hydrogen-bond acceptors (Lipinski definition) is 7. The second-order valence-electron chi connectivity index (χ2n) is 8.69. The molecule has 2 aliphatic heterocycles. The van der Waals surface area contributed by atoms with E-state index in [4.69, 9.17) is 14.7 Å². The summed E-state index contributed by atoms with van der Waals surface area (Å²) < 4.78 is 5.41. The van der Waals surface area contributed by atoms with Gasteiger partial charge in [-0.3, -0.25) is 9.88 Å². The first-order valence-corrected chi connectivity index (χ1v) is 12.5. The zero-order chi connectivity index (χ0) is 22.8. The first kappa shape index (κ1) is 21.9. The normalized spacial score (nSPS) is 18.1. The molecule has 1 N–H and O–H groups in total. The van der Waals surface area contributed by atoms with Crippen LogP contribution in [0.1, 0.15) is 29.6 Å². The summed E-state index contributed by atoms with van der Waals surface area (Å²) in [4.78, 5) is 14.9. The van der Waals surface area contributed by atoms with Crippen LogP contribution in [0.5, 0.6) is 5.75 Å². The molecule has 3 aromatic rings. The average Bonchev–Trinajstić information content (AvgIpc) is 3.20. The number of pyridine rings is 1. The lowest BCUT2D eigenvalue weighted by Crippen LogP contribution is -2.52. The van der Waals surface area contributed by atoms with Gasteiger partial charge in [-0.1, -0.05) is 19.1 Å². The van der Waals surface area contributed by atoms with Gasteiger partial charge in [0.2, 0.25) is 0 Å². The highest BCUT2D eigenvalue weighted by Crippen LogP contribution is 2.33. The summed E-state index contributed by atoms with van der Waals surface area (Å²) in [6, 6.07) is 13.0. The molecule has 172 valence electrons. The zero-order valence-electron chi connectivity index (χ0n) is 19.5. The Morgan fingerprint density at radius 3 is 2.97 bits per heavy atom. The SMILES string of the molecule is CCc1nc2c(s1)NC=c1cccnc1=C2N1CCN(C)C(CCc2cccc(OC)c2)C1. The maximum absolute atomic E-state index is 5.41. The molecule has 6 nitrogen and oxygen atoms in total. The number of ether oxygens (including phenoxy) is 1. The van der Waals surface area contributed by atoms with Gasteiger partial charge in [0.25, 0.3) is 0 Å². The Bertz CT molecular complexity index is 1250. The lowest BCUT2D eigenvalue weighted by atomic mass is 10.0. The minimum atomic E-state index is 0.456. The Hall–Kier alpha value is -2.90. The molecule has 0 radical (unpaired) electrons. The van der Waals surface area contributed by atoms with Crippen LogP contribution in [0, 0.1) is 0 Å². The first-order valence-electron chi connectivity index (χ1n) is 11.7. The van der Waals surface area contributed by atoms with Gasteiger partial charge in [-0.15, -0.1) is 11.3 Å². The van der Waals surface area contributed by atoms with Gasteiger partial charge in [0, 0.05) is 43.3 Å². The molecule has 33 heavy (non-hydrogen) atoms. The number of likely N-dealkylation sites (N-methyl/N-ethyl adjacent to an activating group) is 1. The summed E-state index contributed by atoms with van der Waals surface area (Å²) in [5.74, 6) is 0.925. The highest BCUT2D eigenvalue weighted by atomic mass is 32.1. The molecule has 1 aromatic carbocycles. The van der Waals surface area contributed by atoms with Gasteiger partial charge >= 0.3 is 0 Å². The fraction of sp³-hybridized carbons (Fsp3) is 0.385. The molecule has 2 aromatic heterocycles. The number of fused-ring (bicyclic) bond motifs is 2. The molecule has 1 saturated heterocycles. The number of methoxy groups -OCH3 is 1. The molecule has 0 saturated carbocycles. The van der Waals surface area contributed by atoms with Crippen molar-refractivity contribution in [1.29, 1.82) is 0 Å². The minimum absolute atomic E-state index is 0.456. The molecule has 0 aliphatic carbocycles. The van der Waals surface area contributed by atoms with Crippen molar-refractivity contribution in [2.24, 2.45) is 0 Å². The van der Waals surface area contributed by atoms with Crippen LogP contribution in [-0.4, -0.2) is 59.6 Å². The average molecular weight is 462 g/mol. The molecule has 1 unspecified atom stereocenters. The van der Waals surface area contributed by atoms with Crippen LogP contribution >= 0.6 is 11.3 Å². The third-order valence-corrected chi connectivity index (χ3v) is 7.74. The Balaban J connectivity index is 1.46. The number of piperazine rings is 1. The van der Waals surface area contributed by atoms with E-state index in [-0.39, 0.29) is 0 Å². The fourth-order valence-corrected chi connectivity index (χ4v) is 5.56. The van der Waals surface area contributed by atoms with E-state index in [1.165, 1.54) is 5.56 Å². The van der Waals surface area contributed by atoms with Crippen LogP contribution in [0.4, 0.5) is 5.00 Å². The predicted octanol–water partition coefficient (Wildman–Crippen LogP) is 2.68. The number of aryl methyl sites for hydroxylation is 2. The van der Waals surface area contributed by atoms with Crippen molar-refractivity contribution in [3.63, 3.8) is 0 Å². The predicted molar refractivity (Wildman–Crippen MR) is 135 cm³/mol. The van der Waals surface area contributed by atoms with E-state index in [1.54, 1.807) is 18.4 Å². The lowest BCUT2D eigenvalue weighted by molar-refractivity contribution is 0.127. The van der Waals surface area contributed by atoms with E-state index >= 15 is 0 Å². The van der Waals surface area contributed by atoms with E-state index in [0.29, 0.717) is 6.04 Å². The monoisotopic (exact) mass is 461 g/mol. The largest absolute Gasteiger partial charge is 0.497 e. The van der Waals surface area contributed by atoms with Crippen molar-refractivity contribution in [1.82, 2.24) is 19.8 Å². The summed E-state index contributed by atoms with van der Waals surface area (Å²) in [6.45, 7) is 5.12. The Labute approximate surface area is 199 Å². The van der Waals surface area contributed by atoms with Crippen LogP contribution in [-0.2, 0) is 12.8 Å². The topological polar surface area (TPSA) is 53.5 Å². The smallest absolute Gasteiger partial charge is 0.124 e. The molecular weight excluding hydrogens is 430 g/mol. The van der Waals surface area contributed by atoms with Crippen molar-refractivity contribution in [3.05, 3.63) is 69.4 Å². The van der Waals surface area contributed by atoms with Gasteiger partial charge in [-0.05, 0) is 56.1 Å². The summed E-state index contributed by atoms with van der Waals surface area (Å²) >= 11 is 1.75. The first-order chi connectivity index (χ1) is 16.2. The van der Waals surface area contributed by atoms with Gasteiger partial charge in [0.05, 0.1) is 23.2 Å². The third-order valence-electron chi connectivity index (χ3n) is 6.61. The van der Waals surface area contributed by atoms with Gasteiger partial charge in [0.1, 0.15) is 16.4 Å². The standard InChI is InChI=1S/C26H31N5OS/c1-4-22-29-24-25(23-19(8-6-12-27-23)16-28-26(24)33-22)31-14-13-30(2)20(17-31)11-10-18-7-5-9-21(15-18)32-3/h5-9,12,15-16,20,28H,4,10-11,13-14,17H2,1-3H3. The number of rotatable bonds is 6. The van der Waals surface area contributed by atoms with Crippen molar-refractivity contribution in [2.45, 2.75) is 32.2 Å². The molecule has 0 spiro atoms. The molecule has 7 heteroatoms. The molecule has 0 amide bonds. The minimum Gasteiger partial charge on any atom is -0.497 e. The molecule has 0 bridgehead atoms. The maximum Gasteiger partial charge on any atom is 0.124 e. The molecule has 1 atom stereocenters. The Morgan fingerprint density at radius 1 is 1.21 bits per heavy atom. The van der Waals surface area contributed by atoms with Crippen molar-refractivity contribution >= 4 is 28.2 Å². The van der Waals surface area contributed by atoms with Crippen LogP contribution in [0.25, 0.3) is 11.9 Å². The van der Waals surface area contributed by atoms with Crippen LogP contribution in [0.3, 0.4) is 0 Å². The highest BCUT2D eigenvalue weighted by Gasteiger charge is 2.30. The van der Waals surface area contributed by atoms with E-state index in [2.05, 4.69) is 59.6 Å². The van der Waals surface area contributed by atoms with E-state index in [9.17, 15) is 0 Å². The zero-order valence-corrected chi connectivity index (χ0v) is 20.4. The Morgan fingerprint density at radius 2 is 2.12 bits per heavy atom. The highest BCUT2D eigenvalue weighted by molar-refractivity contribution is 7.16. The van der Waals surface area contributed by atoms with Crippen LogP contribution in [0.2, 0.25) is 0 Å². The summed E-state index contributed by atoms with van der Waals surface area (Å²) in [5, 5.41) is 7.91. The van der Waals surface area contributed by atoms with E-state index in [1.807, 2.05) is 18.3 Å². The fourth-order valence-electron chi connectivity index (χ4n) is 4.68. The number of nitrogens with zero attached hydrogens (tertiary/aromatic N) is 4. The molecule has 4 heterocycles. The second-order valence-corrected chi connectivity index (χ2v) is 9.77. The van der Waals surface area contributed by atoms with E-state index < -0.39 is 0 Å². The Kier molecular flexibility index (Phi) is 6.33. The number of anilines is 1. The number of nitrogens with one attached hydrogen (secondary N) is 1. The van der Waals surface area contributed by atoms with E-state index in [0.717, 1.165) is 76.6 Å². The maximum atomic E-state index is 5.41. The summed E-state index contributed by atoms with van der Waals surface area (Å²) in [6.07, 6.45) is 7.02. The van der Waals surface area contributed by atoms with Gasteiger partial charge in [-0.25, -0.2) is 4.98 Å². The second kappa shape index (κ2) is 9.53. The quantitative estimate of drug-likeness (QED) is 0.609. The van der Waals surface area contributed by atoms with Crippen molar-refractivity contribution in [3.8, 4) is 5.75 Å². The number of aromatic nitrogens is 2. The summed E-state index contributed by atoms with van der Waals surface area (Å²) in [5.41, 5.74) is 3.53. The van der Waals surface area contributed by atoms with Crippen molar-refractivity contribution < 1.29 is 4.74 Å². The van der Waals surface area contributed by atoms with Crippen molar-refractivity contribution in [2.75, 3.05) is 39.1 Å². The summed E-state index contributed by atoms with van der Waals surface area (Å²) in [7, 11) is 3.97. The number of thiazole rings is 1. The number of hydrogen-bond donors (Lipinski definition) is 1. The molecule has 2 aliphatic rings.